The summed E-state index contributed by atoms with van der Waals surface area (Å²) >= 11 is 5.84. The Kier molecular flexibility index (Phi) is 4.85. The lowest BCUT2D eigenvalue weighted by Gasteiger charge is -2.11. The minimum Gasteiger partial charge on any atom is -0.397 e. The van der Waals surface area contributed by atoms with Gasteiger partial charge < -0.3 is 15.6 Å². The molecule has 1 amide bonds. The Hall–Kier alpha value is -2.01. The zero-order valence-corrected chi connectivity index (χ0v) is 12.9. The molecule has 0 atom stereocenters. The molecule has 0 saturated heterocycles. The largest absolute Gasteiger partial charge is 0.397 e. The van der Waals surface area contributed by atoms with E-state index in [0.717, 1.165) is 5.82 Å². The number of carbonyl (C=O) groups is 1. The summed E-state index contributed by atoms with van der Waals surface area (Å²) in [6.07, 6.45) is 4.02. The monoisotopic (exact) mass is 306 g/mol. The molecule has 0 saturated carbocycles. The number of hydrogen-bond acceptors (Lipinski definition) is 3. The summed E-state index contributed by atoms with van der Waals surface area (Å²) < 4.78 is 2.00. The molecule has 2 rings (SSSR count). The number of hydrogen-bond donors (Lipinski definition) is 2. The summed E-state index contributed by atoms with van der Waals surface area (Å²) in [4.78, 5) is 16.3. The molecule has 0 bridgehead atoms. The number of rotatable bonds is 5. The zero-order chi connectivity index (χ0) is 15.4. The average molecular weight is 307 g/mol. The zero-order valence-electron chi connectivity index (χ0n) is 12.1. The number of anilines is 2. The Morgan fingerprint density at radius 1 is 1.48 bits per heavy atom. The SMILES string of the molecule is CC(C)c1nccn1CCC(=O)Nc1ccc(Cl)c(N)c1. The van der Waals surface area contributed by atoms with Crippen molar-refractivity contribution in [2.45, 2.75) is 32.7 Å². The number of aryl methyl sites for hydroxylation is 1. The van der Waals surface area contributed by atoms with Gasteiger partial charge in [0, 0.05) is 37.0 Å². The van der Waals surface area contributed by atoms with Crippen LogP contribution in [0.25, 0.3) is 0 Å². The van der Waals surface area contributed by atoms with Crippen LogP contribution >= 0.6 is 11.6 Å². The molecule has 0 aliphatic rings. The van der Waals surface area contributed by atoms with Crippen molar-refractivity contribution in [2.75, 3.05) is 11.1 Å². The van der Waals surface area contributed by atoms with Crippen LogP contribution in [0.5, 0.6) is 0 Å². The van der Waals surface area contributed by atoms with E-state index >= 15 is 0 Å². The highest BCUT2D eigenvalue weighted by molar-refractivity contribution is 6.33. The predicted octanol–water partition coefficient (Wildman–Crippen LogP) is 3.27. The number of imidazole rings is 1. The van der Waals surface area contributed by atoms with E-state index in [2.05, 4.69) is 24.1 Å². The van der Waals surface area contributed by atoms with Gasteiger partial charge in [0.1, 0.15) is 5.82 Å². The molecule has 21 heavy (non-hydrogen) atoms. The molecule has 1 aromatic heterocycles. The first-order valence-electron chi connectivity index (χ1n) is 6.83. The van der Waals surface area contributed by atoms with Gasteiger partial charge in [0.15, 0.2) is 0 Å². The van der Waals surface area contributed by atoms with Gasteiger partial charge >= 0.3 is 0 Å². The van der Waals surface area contributed by atoms with Gasteiger partial charge in [-0.25, -0.2) is 4.98 Å². The molecular formula is C15H19ClN4O. The number of nitrogens with one attached hydrogen (secondary N) is 1. The molecule has 1 heterocycles. The van der Waals surface area contributed by atoms with E-state index in [1.54, 1.807) is 24.4 Å². The third-order valence-electron chi connectivity index (χ3n) is 3.12. The van der Waals surface area contributed by atoms with Gasteiger partial charge in [-0.1, -0.05) is 25.4 Å². The molecule has 6 heteroatoms. The number of carbonyl (C=O) groups excluding carboxylic acids is 1. The van der Waals surface area contributed by atoms with E-state index in [1.807, 2.05) is 10.8 Å². The highest BCUT2D eigenvalue weighted by atomic mass is 35.5. The minimum atomic E-state index is -0.0693. The van der Waals surface area contributed by atoms with E-state index in [9.17, 15) is 4.79 Å². The first-order chi connectivity index (χ1) is 9.97. The number of benzene rings is 1. The standard InChI is InChI=1S/C15H19ClN4O/c1-10(2)15-18-6-8-20(15)7-5-14(21)19-11-3-4-12(16)13(17)9-11/h3-4,6,8-10H,5,7,17H2,1-2H3,(H,19,21). The third-order valence-corrected chi connectivity index (χ3v) is 3.47. The van der Waals surface area contributed by atoms with Crippen LogP contribution in [-0.4, -0.2) is 15.5 Å². The van der Waals surface area contributed by atoms with Gasteiger partial charge in [0.05, 0.1) is 10.7 Å². The smallest absolute Gasteiger partial charge is 0.226 e. The van der Waals surface area contributed by atoms with Gasteiger partial charge in [-0.15, -0.1) is 0 Å². The van der Waals surface area contributed by atoms with Crippen LogP contribution in [0.4, 0.5) is 11.4 Å². The maximum Gasteiger partial charge on any atom is 0.226 e. The van der Waals surface area contributed by atoms with Crippen molar-refractivity contribution in [2.24, 2.45) is 0 Å². The van der Waals surface area contributed by atoms with Gasteiger partial charge in [0.25, 0.3) is 0 Å². The Bertz CT molecular complexity index is 636. The van der Waals surface area contributed by atoms with Crippen molar-refractivity contribution < 1.29 is 4.79 Å². The average Bonchev–Trinajstić information content (AvgIpc) is 2.89. The van der Waals surface area contributed by atoms with Gasteiger partial charge in [0.2, 0.25) is 5.91 Å². The number of nitrogens with zero attached hydrogens (tertiary/aromatic N) is 2. The second kappa shape index (κ2) is 6.63. The summed E-state index contributed by atoms with van der Waals surface area (Å²) in [5, 5.41) is 3.29. The molecule has 0 aliphatic carbocycles. The van der Waals surface area contributed by atoms with Crippen molar-refractivity contribution >= 4 is 28.9 Å². The van der Waals surface area contributed by atoms with Crippen LogP contribution in [0.15, 0.2) is 30.6 Å². The van der Waals surface area contributed by atoms with Crippen molar-refractivity contribution in [3.8, 4) is 0 Å². The van der Waals surface area contributed by atoms with Crippen LogP contribution in [0.2, 0.25) is 5.02 Å². The maximum absolute atomic E-state index is 12.0. The first-order valence-corrected chi connectivity index (χ1v) is 7.21. The summed E-state index contributed by atoms with van der Waals surface area (Å²) in [7, 11) is 0. The number of nitrogens with two attached hydrogens (primary N) is 1. The number of nitrogen functional groups attached to an aromatic ring is 1. The Morgan fingerprint density at radius 2 is 2.24 bits per heavy atom. The van der Waals surface area contributed by atoms with Crippen molar-refractivity contribution in [3.63, 3.8) is 0 Å². The Balaban J connectivity index is 1.93. The van der Waals surface area contributed by atoms with E-state index in [4.69, 9.17) is 17.3 Å². The summed E-state index contributed by atoms with van der Waals surface area (Å²) in [6.45, 7) is 4.76. The van der Waals surface area contributed by atoms with Gasteiger partial charge in [-0.05, 0) is 18.2 Å². The summed E-state index contributed by atoms with van der Waals surface area (Å²) in [6, 6.07) is 5.05. The second-order valence-electron chi connectivity index (χ2n) is 5.17. The maximum atomic E-state index is 12.0. The van der Waals surface area contributed by atoms with E-state index < -0.39 is 0 Å². The lowest BCUT2D eigenvalue weighted by Crippen LogP contribution is -2.15. The normalized spacial score (nSPS) is 10.9. The highest BCUT2D eigenvalue weighted by Gasteiger charge is 2.09. The number of halogens is 1. The predicted molar refractivity (Wildman–Crippen MR) is 85.4 cm³/mol. The Morgan fingerprint density at radius 3 is 2.90 bits per heavy atom. The minimum absolute atomic E-state index is 0.0693. The lowest BCUT2D eigenvalue weighted by molar-refractivity contribution is -0.116. The van der Waals surface area contributed by atoms with E-state index in [-0.39, 0.29) is 5.91 Å². The van der Waals surface area contributed by atoms with Crippen LogP contribution < -0.4 is 11.1 Å². The van der Waals surface area contributed by atoms with E-state index in [1.165, 1.54) is 0 Å². The third kappa shape index (κ3) is 3.98. The molecular weight excluding hydrogens is 288 g/mol. The molecule has 112 valence electrons. The van der Waals surface area contributed by atoms with Crippen molar-refractivity contribution in [1.29, 1.82) is 0 Å². The van der Waals surface area contributed by atoms with Crippen LogP contribution in [0.1, 0.15) is 32.0 Å². The molecule has 0 aliphatic heterocycles. The van der Waals surface area contributed by atoms with Crippen LogP contribution in [-0.2, 0) is 11.3 Å². The highest BCUT2D eigenvalue weighted by Crippen LogP contribution is 2.22. The fourth-order valence-corrected chi connectivity index (χ4v) is 2.20. The van der Waals surface area contributed by atoms with Gasteiger partial charge in [-0.2, -0.15) is 0 Å². The Labute approximate surface area is 129 Å². The molecule has 0 spiro atoms. The van der Waals surface area contributed by atoms with Crippen LogP contribution in [0.3, 0.4) is 0 Å². The molecule has 3 N–H and O–H groups in total. The lowest BCUT2D eigenvalue weighted by atomic mass is 10.2. The molecule has 2 aromatic rings. The molecule has 0 fully saturated rings. The molecule has 0 radical (unpaired) electrons. The first kappa shape index (κ1) is 15.4. The number of aromatic nitrogens is 2. The van der Waals surface area contributed by atoms with E-state index in [0.29, 0.717) is 35.3 Å². The van der Waals surface area contributed by atoms with Crippen molar-refractivity contribution in [1.82, 2.24) is 9.55 Å². The second-order valence-corrected chi connectivity index (χ2v) is 5.58. The fourth-order valence-electron chi connectivity index (χ4n) is 2.08. The quantitative estimate of drug-likeness (QED) is 0.833. The molecule has 0 unspecified atom stereocenters. The summed E-state index contributed by atoms with van der Waals surface area (Å²) in [5.74, 6) is 1.25. The van der Waals surface area contributed by atoms with Crippen molar-refractivity contribution in [3.05, 3.63) is 41.4 Å². The fraction of sp³-hybridized carbons (Fsp3) is 0.333. The van der Waals surface area contributed by atoms with Gasteiger partial charge in [-0.3, -0.25) is 4.79 Å². The topological polar surface area (TPSA) is 72.9 Å². The van der Waals surface area contributed by atoms with Crippen LogP contribution in [0, 0.1) is 0 Å². The molecule has 1 aromatic carbocycles. The molecule has 5 nitrogen and oxygen atoms in total. The summed E-state index contributed by atoms with van der Waals surface area (Å²) in [5.41, 5.74) is 6.80. The number of amides is 1.